The van der Waals surface area contributed by atoms with Crippen molar-refractivity contribution in [2.45, 2.75) is 47.0 Å². The van der Waals surface area contributed by atoms with Crippen LogP contribution in [0.1, 0.15) is 52.5 Å². The van der Waals surface area contributed by atoms with Gasteiger partial charge in [-0.2, -0.15) is 0 Å². The Morgan fingerprint density at radius 1 is 1.39 bits per heavy atom. The fraction of sp³-hybridized carbons (Fsp3) is 0.571. The monoisotopic (exact) mass is 438 g/mol. The normalized spacial score (nSPS) is 18.8. The lowest BCUT2D eigenvalue weighted by atomic mass is 9.96. The van der Waals surface area contributed by atoms with Crippen LogP contribution in [-0.2, 0) is 9.53 Å². The van der Waals surface area contributed by atoms with E-state index in [0.29, 0.717) is 16.8 Å². The van der Waals surface area contributed by atoms with E-state index in [0.717, 1.165) is 29.6 Å². The number of hydrogen-bond acceptors (Lipinski definition) is 6. The molecule has 1 saturated heterocycles. The number of aliphatic imine (C=N–C) groups is 1. The van der Waals surface area contributed by atoms with Crippen molar-refractivity contribution in [3.05, 3.63) is 29.8 Å². The van der Waals surface area contributed by atoms with Gasteiger partial charge in [0, 0.05) is 12.3 Å². The zero-order valence-corrected chi connectivity index (χ0v) is 19.8. The molecule has 0 radical (unpaired) electrons. The van der Waals surface area contributed by atoms with Crippen LogP contribution in [0.25, 0.3) is 0 Å². The summed E-state index contributed by atoms with van der Waals surface area (Å²) in [4.78, 5) is 18.8. The van der Waals surface area contributed by atoms with Crippen molar-refractivity contribution >= 4 is 56.9 Å². The number of amidine groups is 1. The molecule has 1 aromatic rings. The second-order valence-corrected chi connectivity index (χ2v) is 10.2. The Hall–Kier alpha value is -1.05. The summed E-state index contributed by atoms with van der Waals surface area (Å²) in [5.41, 5.74) is 2.38. The van der Waals surface area contributed by atoms with E-state index < -0.39 is 0 Å². The molecule has 2 rings (SSSR count). The fourth-order valence-electron chi connectivity index (χ4n) is 2.84. The highest BCUT2D eigenvalue weighted by Gasteiger charge is 2.33. The predicted octanol–water partition coefficient (Wildman–Crippen LogP) is 5.84. The van der Waals surface area contributed by atoms with Gasteiger partial charge in [-0.15, -0.1) is 0 Å². The number of thiocarbonyl (C=S) groups is 1. The molecular weight excluding hydrogens is 408 g/mol. The van der Waals surface area contributed by atoms with Crippen molar-refractivity contribution in [1.82, 2.24) is 4.90 Å². The van der Waals surface area contributed by atoms with E-state index in [1.807, 2.05) is 13.0 Å². The molecule has 0 N–H and O–H groups in total. The third kappa shape index (κ3) is 6.49. The molecule has 1 heterocycles. The van der Waals surface area contributed by atoms with E-state index in [9.17, 15) is 4.79 Å². The number of rotatable bonds is 6. The summed E-state index contributed by atoms with van der Waals surface area (Å²) in [7, 11) is 0. The standard InChI is InChI=1S/C21H30N2O2S3/c1-6-15(3)16-10-8-9-11-17(16)22-19-23(13-21(4,5)14-28-19)20(26)27-12-18(24)25-7-2/h8-11,15H,6-7,12-14H2,1-5H3. The van der Waals surface area contributed by atoms with E-state index in [1.54, 1.807) is 11.8 Å². The van der Waals surface area contributed by atoms with Crippen LogP contribution in [0.2, 0.25) is 0 Å². The maximum Gasteiger partial charge on any atom is 0.316 e. The zero-order chi connectivity index (χ0) is 20.7. The second kappa shape index (κ2) is 10.6. The number of ether oxygens (including phenoxy) is 1. The Balaban J connectivity index is 2.27. The van der Waals surface area contributed by atoms with E-state index >= 15 is 0 Å². The summed E-state index contributed by atoms with van der Waals surface area (Å²) >= 11 is 8.75. The molecule has 4 nitrogen and oxygen atoms in total. The van der Waals surface area contributed by atoms with Crippen molar-refractivity contribution in [3.63, 3.8) is 0 Å². The molecular formula is C21H30N2O2S3. The third-order valence-corrected chi connectivity index (χ3v) is 7.46. The molecule has 1 aliphatic rings. The van der Waals surface area contributed by atoms with Gasteiger partial charge in [0.25, 0.3) is 0 Å². The van der Waals surface area contributed by atoms with Crippen LogP contribution < -0.4 is 0 Å². The van der Waals surface area contributed by atoms with E-state index in [2.05, 4.69) is 50.8 Å². The Kier molecular flexibility index (Phi) is 8.83. The van der Waals surface area contributed by atoms with Crippen molar-refractivity contribution < 1.29 is 9.53 Å². The van der Waals surface area contributed by atoms with Gasteiger partial charge in [0.05, 0.1) is 18.0 Å². The highest BCUT2D eigenvalue weighted by molar-refractivity contribution is 8.23. The van der Waals surface area contributed by atoms with Crippen LogP contribution in [0.15, 0.2) is 29.3 Å². The quantitative estimate of drug-likeness (QED) is 0.410. The van der Waals surface area contributed by atoms with Gasteiger partial charge in [-0.25, -0.2) is 4.99 Å². The van der Waals surface area contributed by atoms with Gasteiger partial charge in [0.15, 0.2) is 5.17 Å². The number of benzene rings is 1. The maximum atomic E-state index is 11.7. The molecule has 154 valence electrons. The van der Waals surface area contributed by atoms with E-state index in [4.69, 9.17) is 21.9 Å². The molecule has 0 spiro atoms. The molecule has 0 saturated carbocycles. The molecule has 7 heteroatoms. The van der Waals surface area contributed by atoms with Gasteiger partial charge in [-0.05, 0) is 36.3 Å². The molecule has 1 fully saturated rings. The largest absolute Gasteiger partial charge is 0.465 e. The third-order valence-electron chi connectivity index (χ3n) is 4.54. The van der Waals surface area contributed by atoms with Gasteiger partial charge >= 0.3 is 5.97 Å². The number of thioether (sulfide) groups is 2. The van der Waals surface area contributed by atoms with Gasteiger partial charge in [-0.1, -0.05) is 81.6 Å². The first-order chi connectivity index (χ1) is 13.3. The minimum atomic E-state index is -0.237. The number of esters is 1. The smallest absolute Gasteiger partial charge is 0.316 e. The van der Waals surface area contributed by atoms with Gasteiger partial charge in [0.1, 0.15) is 4.32 Å². The van der Waals surface area contributed by atoms with E-state index in [1.165, 1.54) is 17.3 Å². The van der Waals surface area contributed by atoms with Crippen molar-refractivity contribution in [1.29, 1.82) is 0 Å². The van der Waals surface area contributed by atoms with Crippen molar-refractivity contribution in [2.24, 2.45) is 10.4 Å². The second-order valence-electron chi connectivity index (χ2n) is 7.66. The topological polar surface area (TPSA) is 41.9 Å². The molecule has 1 atom stereocenters. The fourth-order valence-corrected chi connectivity index (χ4v) is 5.01. The zero-order valence-electron chi connectivity index (χ0n) is 17.4. The summed E-state index contributed by atoms with van der Waals surface area (Å²) in [6.45, 7) is 11.9. The molecule has 0 aromatic heterocycles. The number of para-hydroxylation sites is 1. The number of carbonyl (C=O) groups is 1. The van der Waals surface area contributed by atoms with Crippen LogP contribution in [0, 0.1) is 5.41 Å². The summed E-state index contributed by atoms with van der Waals surface area (Å²) in [6.07, 6.45) is 1.07. The lowest BCUT2D eigenvalue weighted by molar-refractivity contribution is -0.139. The van der Waals surface area contributed by atoms with Crippen LogP contribution in [0.3, 0.4) is 0 Å². The minimum Gasteiger partial charge on any atom is -0.465 e. The van der Waals surface area contributed by atoms with Crippen molar-refractivity contribution in [2.75, 3.05) is 24.7 Å². The first kappa shape index (κ1) is 23.2. The van der Waals surface area contributed by atoms with Crippen molar-refractivity contribution in [3.8, 4) is 0 Å². The van der Waals surface area contributed by atoms with Gasteiger partial charge in [0.2, 0.25) is 0 Å². The van der Waals surface area contributed by atoms with E-state index in [-0.39, 0.29) is 17.1 Å². The number of hydrogen-bond donors (Lipinski definition) is 0. The SMILES string of the molecule is CCOC(=O)CSC(=S)N1CC(C)(C)CSC1=Nc1ccccc1C(C)CC. The lowest BCUT2D eigenvalue weighted by Crippen LogP contribution is -2.45. The highest BCUT2D eigenvalue weighted by atomic mass is 32.2. The average Bonchev–Trinajstić information content (AvgIpc) is 2.67. The van der Waals surface area contributed by atoms with Crippen LogP contribution in [0.4, 0.5) is 5.69 Å². The van der Waals surface area contributed by atoms with Gasteiger partial charge in [-0.3, -0.25) is 4.79 Å². The Morgan fingerprint density at radius 3 is 2.79 bits per heavy atom. The van der Waals surface area contributed by atoms with Crippen LogP contribution in [-0.4, -0.2) is 45.0 Å². The Morgan fingerprint density at radius 2 is 2.11 bits per heavy atom. The summed E-state index contributed by atoms with van der Waals surface area (Å²) in [5.74, 6) is 1.42. The molecule has 0 amide bonds. The number of nitrogens with zero attached hydrogens (tertiary/aromatic N) is 2. The minimum absolute atomic E-state index is 0.120. The first-order valence-corrected chi connectivity index (χ1v) is 12.1. The molecule has 1 aromatic carbocycles. The molecule has 0 bridgehead atoms. The predicted molar refractivity (Wildman–Crippen MR) is 127 cm³/mol. The van der Waals surface area contributed by atoms with Crippen LogP contribution in [0.5, 0.6) is 0 Å². The molecule has 1 unspecified atom stereocenters. The lowest BCUT2D eigenvalue weighted by Gasteiger charge is -2.39. The van der Waals surface area contributed by atoms with Crippen LogP contribution >= 0.6 is 35.7 Å². The summed E-state index contributed by atoms with van der Waals surface area (Å²) < 4.78 is 5.70. The Labute approximate surface area is 182 Å². The van der Waals surface area contributed by atoms with Gasteiger partial charge < -0.3 is 9.64 Å². The number of carbonyl (C=O) groups excluding carboxylic acids is 1. The molecule has 0 aliphatic carbocycles. The molecule has 1 aliphatic heterocycles. The molecule has 28 heavy (non-hydrogen) atoms. The maximum absolute atomic E-state index is 11.7. The highest BCUT2D eigenvalue weighted by Crippen LogP contribution is 2.36. The first-order valence-electron chi connectivity index (χ1n) is 9.67. The summed E-state index contributed by atoms with van der Waals surface area (Å²) in [5, 5.41) is 0.913. The summed E-state index contributed by atoms with van der Waals surface area (Å²) in [6, 6.07) is 8.33. The average molecular weight is 439 g/mol. The Bertz CT molecular complexity index is 734.